The minimum absolute atomic E-state index is 0.492. The van der Waals surface area contributed by atoms with Crippen LogP contribution in [0.5, 0.6) is 0 Å². The van der Waals surface area contributed by atoms with Gasteiger partial charge in [0.05, 0.1) is 12.3 Å². The molecule has 0 spiro atoms. The Bertz CT molecular complexity index is 365. The predicted octanol–water partition coefficient (Wildman–Crippen LogP) is 2.28. The number of hydrogen-bond acceptors (Lipinski definition) is 5. The molecule has 108 valence electrons. The van der Waals surface area contributed by atoms with Gasteiger partial charge in [0.1, 0.15) is 5.01 Å². The van der Waals surface area contributed by atoms with E-state index in [2.05, 4.69) is 41.0 Å². The van der Waals surface area contributed by atoms with E-state index in [-0.39, 0.29) is 0 Å². The Balaban J connectivity index is 2.47. The van der Waals surface area contributed by atoms with Crippen LogP contribution in [0, 0.1) is 0 Å². The molecule has 0 aliphatic rings. The SMILES string of the molecule is C=CCN(CCOC)Cc1csc(CNC(C)C)n1. The molecule has 0 aromatic carbocycles. The molecule has 0 unspecified atom stereocenters. The number of aromatic nitrogens is 1. The lowest BCUT2D eigenvalue weighted by Gasteiger charge is -2.18. The molecule has 0 saturated carbocycles. The van der Waals surface area contributed by atoms with E-state index in [1.165, 1.54) is 0 Å². The van der Waals surface area contributed by atoms with Gasteiger partial charge in [-0.15, -0.1) is 17.9 Å². The summed E-state index contributed by atoms with van der Waals surface area (Å²) in [5.41, 5.74) is 1.13. The Morgan fingerprint density at radius 3 is 3.00 bits per heavy atom. The van der Waals surface area contributed by atoms with Gasteiger partial charge in [-0.05, 0) is 0 Å². The zero-order chi connectivity index (χ0) is 14.1. The summed E-state index contributed by atoms with van der Waals surface area (Å²) in [5.74, 6) is 0. The molecule has 1 aromatic rings. The molecule has 1 N–H and O–H groups in total. The smallest absolute Gasteiger partial charge is 0.107 e. The molecule has 0 aliphatic heterocycles. The van der Waals surface area contributed by atoms with Crippen LogP contribution in [0.4, 0.5) is 0 Å². The first-order valence-corrected chi connectivity index (χ1v) is 7.52. The van der Waals surface area contributed by atoms with Crippen molar-refractivity contribution in [1.29, 1.82) is 0 Å². The molecule has 19 heavy (non-hydrogen) atoms. The Kier molecular flexibility index (Phi) is 7.90. The lowest BCUT2D eigenvalue weighted by Crippen LogP contribution is -2.27. The average Bonchev–Trinajstić information content (AvgIpc) is 2.81. The van der Waals surface area contributed by atoms with Crippen molar-refractivity contribution >= 4 is 11.3 Å². The van der Waals surface area contributed by atoms with E-state index in [4.69, 9.17) is 4.74 Å². The van der Waals surface area contributed by atoms with Gasteiger partial charge < -0.3 is 10.1 Å². The monoisotopic (exact) mass is 283 g/mol. The highest BCUT2D eigenvalue weighted by molar-refractivity contribution is 7.09. The molecule has 1 rings (SSSR count). The van der Waals surface area contributed by atoms with Gasteiger partial charge in [-0.25, -0.2) is 4.98 Å². The fourth-order valence-electron chi connectivity index (χ4n) is 1.66. The van der Waals surface area contributed by atoms with Crippen LogP contribution in [0.2, 0.25) is 0 Å². The van der Waals surface area contributed by atoms with E-state index in [0.29, 0.717) is 6.04 Å². The molecular weight excluding hydrogens is 258 g/mol. The molecule has 0 fully saturated rings. The van der Waals surface area contributed by atoms with Gasteiger partial charge in [0, 0.05) is 44.7 Å². The number of methoxy groups -OCH3 is 1. The van der Waals surface area contributed by atoms with Crippen molar-refractivity contribution in [3.63, 3.8) is 0 Å². The molecule has 0 saturated heterocycles. The summed E-state index contributed by atoms with van der Waals surface area (Å²) >= 11 is 1.72. The van der Waals surface area contributed by atoms with E-state index < -0.39 is 0 Å². The largest absolute Gasteiger partial charge is 0.383 e. The first-order chi connectivity index (χ1) is 9.15. The van der Waals surface area contributed by atoms with Crippen molar-refractivity contribution < 1.29 is 4.74 Å². The quantitative estimate of drug-likeness (QED) is 0.669. The van der Waals surface area contributed by atoms with Crippen molar-refractivity contribution in [3.05, 3.63) is 28.7 Å². The third-order valence-corrected chi connectivity index (χ3v) is 3.54. The summed E-state index contributed by atoms with van der Waals surface area (Å²) in [6, 6.07) is 0.492. The second-order valence-corrected chi connectivity index (χ2v) is 5.73. The average molecular weight is 283 g/mol. The summed E-state index contributed by atoms with van der Waals surface area (Å²) in [6.07, 6.45) is 1.92. The molecule has 0 radical (unpaired) electrons. The zero-order valence-electron chi connectivity index (χ0n) is 12.2. The van der Waals surface area contributed by atoms with Crippen molar-refractivity contribution in [2.24, 2.45) is 0 Å². The Labute approximate surface area is 120 Å². The van der Waals surface area contributed by atoms with E-state index in [1.54, 1.807) is 18.4 Å². The van der Waals surface area contributed by atoms with Crippen LogP contribution in [-0.2, 0) is 17.8 Å². The molecule has 4 nitrogen and oxygen atoms in total. The topological polar surface area (TPSA) is 37.4 Å². The second-order valence-electron chi connectivity index (χ2n) is 4.78. The van der Waals surface area contributed by atoms with Gasteiger partial charge in [-0.2, -0.15) is 0 Å². The minimum atomic E-state index is 0.492. The van der Waals surface area contributed by atoms with Crippen molar-refractivity contribution in [2.45, 2.75) is 33.0 Å². The highest BCUT2D eigenvalue weighted by Gasteiger charge is 2.08. The second kappa shape index (κ2) is 9.20. The summed E-state index contributed by atoms with van der Waals surface area (Å²) < 4.78 is 5.12. The van der Waals surface area contributed by atoms with Crippen LogP contribution in [0.15, 0.2) is 18.0 Å². The number of nitrogens with one attached hydrogen (secondary N) is 1. The van der Waals surface area contributed by atoms with Gasteiger partial charge in [0.2, 0.25) is 0 Å². The number of rotatable bonds is 10. The Morgan fingerprint density at radius 2 is 2.37 bits per heavy atom. The van der Waals surface area contributed by atoms with Crippen LogP contribution in [0.25, 0.3) is 0 Å². The Morgan fingerprint density at radius 1 is 1.58 bits per heavy atom. The molecule has 0 atom stereocenters. The van der Waals surface area contributed by atoms with Gasteiger partial charge in [-0.3, -0.25) is 4.90 Å². The van der Waals surface area contributed by atoms with E-state index >= 15 is 0 Å². The maximum Gasteiger partial charge on any atom is 0.107 e. The van der Waals surface area contributed by atoms with Crippen molar-refractivity contribution in [3.8, 4) is 0 Å². The summed E-state index contributed by atoms with van der Waals surface area (Å²) in [5, 5.41) is 6.67. The summed E-state index contributed by atoms with van der Waals surface area (Å²) in [7, 11) is 1.73. The lowest BCUT2D eigenvalue weighted by molar-refractivity contribution is 0.150. The molecule has 1 aromatic heterocycles. The normalized spacial score (nSPS) is 11.4. The molecular formula is C14H25N3OS. The molecule has 0 amide bonds. The highest BCUT2D eigenvalue weighted by atomic mass is 32.1. The molecule has 0 bridgehead atoms. The standard InChI is InChI=1S/C14H25N3OS/c1-5-6-17(7-8-18-4)10-13-11-19-14(16-13)9-15-12(2)3/h5,11-12,15H,1,6-10H2,2-4H3. The number of ether oxygens (including phenoxy) is 1. The van der Waals surface area contributed by atoms with Crippen LogP contribution in [0.1, 0.15) is 24.5 Å². The number of nitrogens with zero attached hydrogens (tertiary/aromatic N) is 2. The number of thiazole rings is 1. The first kappa shape index (κ1) is 16.3. The van der Waals surface area contributed by atoms with Crippen molar-refractivity contribution in [1.82, 2.24) is 15.2 Å². The predicted molar refractivity (Wildman–Crippen MR) is 81.4 cm³/mol. The van der Waals surface area contributed by atoms with E-state index in [9.17, 15) is 0 Å². The third-order valence-electron chi connectivity index (χ3n) is 2.65. The van der Waals surface area contributed by atoms with E-state index in [1.807, 2.05) is 6.08 Å². The first-order valence-electron chi connectivity index (χ1n) is 6.64. The summed E-state index contributed by atoms with van der Waals surface area (Å²) in [4.78, 5) is 6.93. The highest BCUT2D eigenvalue weighted by Crippen LogP contribution is 2.12. The van der Waals surface area contributed by atoms with Crippen LogP contribution < -0.4 is 5.32 Å². The Hall–Kier alpha value is -0.750. The summed E-state index contributed by atoms with van der Waals surface area (Å²) in [6.45, 7) is 12.3. The fourth-order valence-corrected chi connectivity index (χ4v) is 2.40. The van der Waals surface area contributed by atoms with Crippen LogP contribution in [-0.4, -0.2) is 42.7 Å². The van der Waals surface area contributed by atoms with Gasteiger partial charge in [0.15, 0.2) is 0 Å². The third kappa shape index (κ3) is 6.82. The van der Waals surface area contributed by atoms with Crippen LogP contribution in [0.3, 0.4) is 0 Å². The van der Waals surface area contributed by atoms with Gasteiger partial charge in [-0.1, -0.05) is 19.9 Å². The number of hydrogen-bond donors (Lipinski definition) is 1. The van der Waals surface area contributed by atoms with Crippen molar-refractivity contribution in [2.75, 3.05) is 26.8 Å². The zero-order valence-corrected chi connectivity index (χ0v) is 13.0. The van der Waals surface area contributed by atoms with E-state index in [0.717, 1.165) is 43.5 Å². The molecule has 0 aliphatic carbocycles. The maximum absolute atomic E-state index is 5.12. The van der Waals surface area contributed by atoms with Gasteiger partial charge in [0.25, 0.3) is 0 Å². The maximum atomic E-state index is 5.12. The molecule has 1 heterocycles. The lowest BCUT2D eigenvalue weighted by atomic mass is 10.4. The molecule has 5 heteroatoms. The minimum Gasteiger partial charge on any atom is -0.383 e. The van der Waals surface area contributed by atoms with Crippen LogP contribution >= 0.6 is 11.3 Å². The van der Waals surface area contributed by atoms with Gasteiger partial charge >= 0.3 is 0 Å². The fraction of sp³-hybridized carbons (Fsp3) is 0.643.